The van der Waals surface area contributed by atoms with Gasteiger partial charge in [-0.15, -0.1) is 0 Å². The number of benzene rings is 1. The third-order valence-corrected chi connectivity index (χ3v) is 4.52. The van der Waals surface area contributed by atoms with Gasteiger partial charge < -0.3 is 19.7 Å². The molecule has 0 unspecified atom stereocenters. The highest BCUT2D eigenvalue weighted by Gasteiger charge is 2.15. The molecule has 156 valence electrons. The number of pyridine rings is 2. The van der Waals surface area contributed by atoms with Crippen molar-refractivity contribution in [3.63, 3.8) is 0 Å². The molecule has 0 atom stereocenters. The second-order valence-corrected chi connectivity index (χ2v) is 6.51. The summed E-state index contributed by atoms with van der Waals surface area (Å²) >= 11 is 0. The number of methoxy groups -OCH3 is 1. The van der Waals surface area contributed by atoms with Crippen molar-refractivity contribution < 1.29 is 19.4 Å². The van der Waals surface area contributed by atoms with Crippen LogP contribution in [0.4, 0.5) is 10.6 Å². The zero-order valence-corrected chi connectivity index (χ0v) is 16.6. The van der Waals surface area contributed by atoms with Gasteiger partial charge in [-0.3, -0.25) is 10.1 Å². The van der Waals surface area contributed by atoms with E-state index in [1.54, 1.807) is 42.1 Å². The Morgan fingerprint density at radius 2 is 1.97 bits per heavy atom. The van der Waals surface area contributed by atoms with Crippen LogP contribution in [0.5, 0.6) is 0 Å². The maximum absolute atomic E-state index is 12.7. The van der Waals surface area contributed by atoms with E-state index in [-0.39, 0.29) is 11.6 Å². The summed E-state index contributed by atoms with van der Waals surface area (Å²) in [5.74, 6) is -0.888. The molecule has 0 spiro atoms. The Balaban J connectivity index is 2.01. The summed E-state index contributed by atoms with van der Waals surface area (Å²) in [6, 6.07) is 8.33. The lowest BCUT2D eigenvalue weighted by molar-refractivity contribution is 0.0694. The van der Waals surface area contributed by atoms with Crippen LogP contribution in [0, 0.1) is 0 Å². The number of carboxylic acid groups (broad SMARTS) is 1. The van der Waals surface area contributed by atoms with E-state index in [9.17, 15) is 19.5 Å². The van der Waals surface area contributed by atoms with E-state index < -0.39 is 11.4 Å². The SMILES string of the molecule is CCNC(=O)Nc1ccc(-c2ccc3c(c2)c(=O)c(C(=O)O)cn3CCOC)cn1. The van der Waals surface area contributed by atoms with Crippen LogP contribution < -0.4 is 16.1 Å². The van der Waals surface area contributed by atoms with Crippen LogP contribution in [0.15, 0.2) is 47.5 Å². The fourth-order valence-electron chi connectivity index (χ4n) is 3.06. The number of anilines is 1. The maximum atomic E-state index is 12.7. The highest BCUT2D eigenvalue weighted by Crippen LogP contribution is 2.24. The Labute approximate surface area is 172 Å². The molecule has 9 heteroatoms. The molecule has 9 nitrogen and oxygen atoms in total. The average Bonchev–Trinajstić information content (AvgIpc) is 2.73. The number of fused-ring (bicyclic) bond motifs is 1. The van der Waals surface area contributed by atoms with E-state index in [1.165, 1.54) is 6.20 Å². The summed E-state index contributed by atoms with van der Waals surface area (Å²) in [6.07, 6.45) is 2.92. The molecule has 3 rings (SSSR count). The number of hydrogen-bond donors (Lipinski definition) is 3. The van der Waals surface area contributed by atoms with Crippen molar-refractivity contribution >= 4 is 28.7 Å². The Morgan fingerprint density at radius 3 is 2.60 bits per heavy atom. The third kappa shape index (κ3) is 4.47. The van der Waals surface area contributed by atoms with Crippen LogP contribution in [-0.4, -0.2) is 46.9 Å². The van der Waals surface area contributed by atoms with Gasteiger partial charge in [0.15, 0.2) is 0 Å². The van der Waals surface area contributed by atoms with Crippen LogP contribution in [0.1, 0.15) is 17.3 Å². The number of hydrogen-bond acceptors (Lipinski definition) is 5. The number of nitrogens with zero attached hydrogens (tertiary/aromatic N) is 2. The van der Waals surface area contributed by atoms with Crippen LogP contribution in [-0.2, 0) is 11.3 Å². The minimum absolute atomic E-state index is 0.296. The van der Waals surface area contributed by atoms with Crippen LogP contribution >= 0.6 is 0 Å². The number of rotatable bonds is 7. The molecule has 30 heavy (non-hydrogen) atoms. The van der Waals surface area contributed by atoms with Gasteiger partial charge in [0.05, 0.1) is 12.1 Å². The van der Waals surface area contributed by atoms with Gasteiger partial charge in [-0.05, 0) is 36.8 Å². The summed E-state index contributed by atoms with van der Waals surface area (Å²) in [7, 11) is 1.55. The molecule has 3 N–H and O–H groups in total. The number of aromatic nitrogens is 2. The summed E-state index contributed by atoms with van der Waals surface area (Å²) in [5.41, 5.74) is 1.21. The minimum Gasteiger partial charge on any atom is -0.477 e. The first-order valence-corrected chi connectivity index (χ1v) is 9.35. The topological polar surface area (TPSA) is 123 Å². The van der Waals surface area contributed by atoms with E-state index in [2.05, 4.69) is 15.6 Å². The molecule has 2 amide bonds. The van der Waals surface area contributed by atoms with Gasteiger partial charge in [-0.25, -0.2) is 14.6 Å². The monoisotopic (exact) mass is 410 g/mol. The van der Waals surface area contributed by atoms with Crippen molar-refractivity contribution in [1.29, 1.82) is 0 Å². The van der Waals surface area contributed by atoms with Gasteiger partial charge in [-0.1, -0.05) is 6.07 Å². The van der Waals surface area contributed by atoms with Gasteiger partial charge in [0, 0.05) is 43.5 Å². The van der Waals surface area contributed by atoms with Crippen LogP contribution in [0.3, 0.4) is 0 Å². The second kappa shape index (κ2) is 9.19. The fraction of sp³-hybridized carbons (Fsp3) is 0.238. The van der Waals surface area contributed by atoms with Crippen molar-refractivity contribution in [2.75, 3.05) is 25.6 Å². The van der Waals surface area contributed by atoms with Crippen molar-refractivity contribution in [2.24, 2.45) is 0 Å². The Kier molecular flexibility index (Phi) is 6.43. The van der Waals surface area contributed by atoms with Gasteiger partial charge in [0.25, 0.3) is 0 Å². The number of urea groups is 1. The van der Waals surface area contributed by atoms with Crippen molar-refractivity contribution in [2.45, 2.75) is 13.5 Å². The molecule has 0 saturated carbocycles. The van der Waals surface area contributed by atoms with Crippen molar-refractivity contribution in [3.8, 4) is 11.1 Å². The van der Waals surface area contributed by atoms with E-state index in [4.69, 9.17) is 4.74 Å². The lowest BCUT2D eigenvalue weighted by atomic mass is 10.0. The van der Waals surface area contributed by atoms with Gasteiger partial charge >= 0.3 is 12.0 Å². The highest BCUT2D eigenvalue weighted by atomic mass is 16.5. The van der Waals surface area contributed by atoms with E-state index in [0.717, 1.165) is 5.56 Å². The first kappa shape index (κ1) is 21.0. The van der Waals surface area contributed by atoms with E-state index in [0.29, 0.717) is 42.0 Å². The number of nitrogens with one attached hydrogen (secondary N) is 2. The maximum Gasteiger partial charge on any atom is 0.341 e. The normalized spacial score (nSPS) is 10.7. The summed E-state index contributed by atoms with van der Waals surface area (Å²) < 4.78 is 6.78. The molecule has 1 aromatic carbocycles. The van der Waals surface area contributed by atoms with Gasteiger partial charge in [0.2, 0.25) is 5.43 Å². The van der Waals surface area contributed by atoms with Gasteiger partial charge in [-0.2, -0.15) is 0 Å². The van der Waals surface area contributed by atoms with Crippen LogP contribution in [0.2, 0.25) is 0 Å². The zero-order chi connectivity index (χ0) is 21.7. The first-order valence-electron chi connectivity index (χ1n) is 9.35. The minimum atomic E-state index is -1.28. The number of carbonyl (C=O) groups is 2. The predicted molar refractivity (Wildman–Crippen MR) is 113 cm³/mol. The molecular formula is C21H22N4O5. The molecule has 2 aromatic heterocycles. The lowest BCUT2D eigenvalue weighted by Gasteiger charge is -2.13. The fourth-order valence-corrected chi connectivity index (χ4v) is 3.06. The highest BCUT2D eigenvalue weighted by molar-refractivity contribution is 5.94. The Hall–Kier alpha value is -3.72. The zero-order valence-electron chi connectivity index (χ0n) is 16.6. The average molecular weight is 410 g/mol. The second-order valence-electron chi connectivity index (χ2n) is 6.51. The number of carbonyl (C=O) groups excluding carboxylic acids is 1. The molecular weight excluding hydrogens is 388 g/mol. The summed E-state index contributed by atoms with van der Waals surface area (Å²) in [6.45, 7) is 3.10. The molecule has 2 heterocycles. The molecule has 0 fully saturated rings. The largest absolute Gasteiger partial charge is 0.477 e. The molecule has 0 radical (unpaired) electrons. The van der Waals surface area contributed by atoms with E-state index in [1.807, 2.05) is 13.0 Å². The predicted octanol–water partition coefficient (Wildman–Crippen LogP) is 2.55. The Morgan fingerprint density at radius 1 is 1.20 bits per heavy atom. The molecule has 0 aliphatic carbocycles. The molecule has 0 bridgehead atoms. The summed E-state index contributed by atoms with van der Waals surface area (Å²) in [5, 5.41) is 14.9. The van der Waals surface area contributed by atoms with Crippen molar-refractivity contribution in [3.05, 3.63) is 58.5 Å². The van der Waals surface area contributed by atoms with Crippen molar-refractivity contribution in [1.82, 2.24) is 14.9 Å². The number of aromatic carboxylic acids is 1. The first-order chi connectivity index (χ1) is 14.4. The van der Waals surface area contributed by atoms with E-state index >= 15 is 0 Å². The Bertz CT molecular complexity index is 1140. The molecule has 0 saturated heterocycles. The number of carboxylic acids is 1. The number of amides is 2. The quantitative estimate of drug-likeness (QED) is 0.550. The third-order valence-electron chi connectivity index (χ3n) is 4.52. The number of ether oxygens (including phenoxy) is 1. The smallest absolute Gasteiger partial charge is 0.341 e. The van der Waals surface area contributed by atoms with Gasteiger partial charge in [0.1, 0.15) is 11.4 Å². The standard InChI is InChI=1S/C21H22N4O5/c1-3-22-21(29)24-18-7-5-14(11-23-18)13-4-6-17-15(10-13)19(26)16(20(27)28)12-25(17)8-9-30-2/h4-7,10-12H,3,8-9H2,1-2H3,(H,27,28)(H2,22,23,24,29). The lowest BCUT2D eigenvalue weighted by Crippen LogP contribution is -2.28. The molecule has 3 aromatic rings. The molecule has 0 aliphatic heterocycles. The molecule has 0 aliphatic rings. The van der Waals surface area contributed by atoms with Crippen LogP contribution in [0.25, 0.3) is 22.0 Å². The summed E-state index contributed by atoms with van der Waals surface area (Å²) in [4.78, 5) is 40.1.